The van der Waals surface area contributed by atoms with Gasteiger partial charge in [0.1, 0.15) is 6.54 Å². The lowest BCUT2D eigenvalue weighted by atomic mass is 10.0. The van der Waals surface area contributed by atoms with Crippen LogP contribution in [0.3, 0.4) is 0 Å². The van der Waals surface area contributed by atoms with Gasteiger partial charge in [0.05, 0.1) is 28.9 Å². The van der Waals surface area contributed by atoms with Crippen molar-refractivity contribution in [2.75, 3.05) is 7.11 Å². The molecule has 0 aliphatic carbocycles. The molecule has 0 fully saturated rings. The van der Waals surface area contributed by atoms with Crippen LogP contribution in [0.5, 0.6) is 0 Å². The first-order chi connectivity index (χ1) is 13.6. The first-order valence-electron chi connectivity index (χ1n) is 8.57. The van der Waals surface area contributed by atoms with E-state index in [0.717, 1.165) is 16.5 Å². The van der Waals surface area contributed by atoms with Gasteiger partial charge in [-0.05, 0) is 35.9 Å². The summed E-state index contributed by atoms with van der Waals surface area (Å²) in [6.45, 7) is 2.05. The van der Waals surface area contributed by atoms with Gasteiger partial charge in [0.2, 0.25) is 5.82 Å². The van der Waals surface area contributed by atoms with Crippen molar-refractivity contribution in [1.29, 1.82) is 0 Å². The van der Waals surface area contributed by atoms with Crippen LogP contribution in [0.15, 0.2) is 48.5 Å². The SMILES string of the molecule is COC(=O)c1c(Cn2nnc(-c3ccccc3Cl)n2)nc2ccccc2c1C. The molecular weight excluding hydrogens is 378 g/mol. The van der Waals surface area contributed by atoms with Crippen molar-refractivity contribution in [1.82, 2.24) is 25.2 Å². The summed E-state index contributed by atoms with van der Waals surface area (Å²) in [7, 11) is 1.35. The number of aryl methyl sites for hydroxylation is 1. The summed E-state index contributed by atoms with van der Waals surface area (Å²) in [5.74, 6) is -0.0417. The number of hydrogen-bond donors (Lipinski definition) is 0. The summed E-state index contributed by atoms with van der Waals surface area (Å²) >= 11 is 6.21. The van der Waals surface area contributed by atoms with Crippen LogP contribution in [0.4, 0.5) is 0 Å². The fourth-order valence-corrected chi connectivity index (χ4v) is 3.34. The predicted molar refractivity (Wildman–Crippen MR) is 105 cm³/mol. The summed E-state index contributed by atoms with van der Waals surface area (Å²) in [4.78, 5) is 18.4. The van der Waals surface area contributed by atoms with Crippen molar-refractivity contribution in [3.8, 4) is 11.4 Å². The highest BCUT2D eigenvalue weighted by Gasteiger charge is 2.20. The second-order valence-corrected chi connectivity index (χ2v) is 6.60. The number of methoxy groups -OCH3 is 1. The summed E-state index contributed by atoms with van der Waals surface area (Å²) < 4.78 is 4.97. The van der Waals surface area contributed by atoms with Gasteiger partial charge in [-0.3, -0.25) is 0 Å². The Balaban J connectivity index is 1.78. The molecule has 0 atom stereocenters. The van der Waals surface area contributed by atoms with E-state index >= 15 is 0 Å². The van der Waals surface area contributed by atoms with Gasteiger partial charge in [-0.15, -0.1) is 10.2 Å². The molecule has 0 radical (unpaired) electrons. The van der Waals surface area contributed by atoms with E-state index in [1.165, 1.54) is 11.9 Å². The molecule has 2 heterocycles. The molecule has 0 aliphatic rings. The Morgan fingerprint density at radius 2 is 1.89 bits per heavy atom. The number of tetrazole rings is 1. The third-order valence-corrected chi connectivity index (χ3v) is 4.80. The Kier molecular flexibility index (Phi) is 4.75. The molecule has 4 rings (SSSR count). The second-order valence-electron chi connectivity index (χ2n) is 6.19. The Hall–Kier alpha value is -3.32. The number of nitrogens with zero attached hydrogens (tertiary/aromatic N) is 5. The average molecular weight is 394 g/mol. The molecule has 4 aromatic rings. The fraction of sp³-hybridized carbons (Fsp3) is 0.150. The Morgan fingerprint density at radius 1 is 1.14 bits per heavy atom. The maximum Gasteiger partial charge on any atom is 0.340 e. The molecule has 2 aromatic carbocycles. The van der Waals surface area contributed by atoms with Gasteiger partial charge < -0.3 is 4.74 Å². The molecule has 140 valence electrons. The van der Waals surface area contributed by atoms with Crippen molar-refractivity contribution < 1.29 is 9.53 Å². The van der Waals surface area contributed by atoms with Crippen LogP contribution in [0.25, 0.3) is 22.3 Å². The smallest absolute Gasteiger partial charge is 0.340 e. The van der Waals surface area contributed by atoms with E-state index in [1.807, 2.05) is 49.4 Å². The van der Waals surface area contributed by atoms with Crippen molar-refractivity contribution in [3.63, 3.8) is 0 Å². The lowest BCUT2D eigenvalue weighted by Gasteiger charge is -2.12. The lowest BCUT2D eigenvalue weighted by Crippen LogP contribution is -2.15. The Labute approximate surface area is 165 Å². The van der Waals surface area contributed by atoms with Crippen LogP contribution < -0.4 is 0 Å². The van der Waals surface area contributed by atoms with E-state index in [4.69, 9.17) is 16.3 Å². The number of carbonyl (C=O) groups is 1. The minimum atomic E-state index is -0.447. The lowest BCUT2D eigenvalue weighted by molar-refractivity contribution is 0.0598. The van der Waals surface area contributed by atoms with E-state index in [2.05, 4.69) is 20.4 Å². The zero-order valence-electron chi connectivity index (χ0n) is 15.3. The van der Waals surface area contributed by atoms with Gasteiger partial charge in [-0.1, -0.05) is 41.9 Å². The number of hydrogen-bond acceptors (Lipinski definition) is 6. The largest absolute Gasteiger partial charge is 0.465 e. The first-order valence-corrected chi connectivity index (χ1v) is 8.95. The van der Waals surface area contributed by atoms with Crippen LogP contribution in [0.2, 0.25) is 5.02 Å². The summed E-state index contributed by atoms with van der Waals surface area (Å²) in [5, 5.41) is 14.0. The van der Waals surface area contributed by atoms with Crippen LogP contribution in [0, 0.1) is 6.92 Å². The molecule has 0 saturated carbocycles. The van der Waals surface area contributed by atoms with Crippen LogP contribution >= 0.6 is 11.6 Å². The maximum atomic E-state index is 12.4. The van der Waals surface area contributed by atoms with E-state index in [0.29, 0.717) is 27.7 Å². The van der Waals surface area contributed by atoms with E-state index < -0.39 is 5.97 Å². The molecule has 0 aliphatic heterocycles. The topological polar surface area (TPSA) is 82.8 Å². The van der Waals surface area contributed by atoms with E-state index in [-0.39, 0.29) is 6.54 Å². The second kappa shape index (κ2) is 7.36. The Morgan fingerprint density at radius 3 is 2.68 bits per heavy atom. The minimum Gasteiger partial charge on any atom is -0.465 e. The minimum absolute atomic E-state index is 0.174. The number of para-hydroxylation sites is 1. The summed E-state index contributed by atoms with van der Waals surface area (Å²) in [6.07, 6.45) is 0. The molecule has 8 heteroatoms. The highest BCUT2D eigenvalue weighted by atomic mass is 35.5. The number of fused-ring (bicyclic) bond motifs is 1. The predicted octanol–water partition coefficient (Wildman–Crippen LogP) is 3.69. The van der Waals surface area contributed by atoms with Crippen molar-refractivity contribution in [2.24, 2.45) is 0 Å². The molecule has 0 unspecified atom stereocenters. The van der Waals surface area contributed by atoms with Crippen LogP contribution in [-0.4, -0.2) is 38.3 Å². The molecule has 0 bridgehead atoms. The van der Waals surface area contributed by atoms with Gasteiger partial charge >= 0.3 is 5.97 Å². The molecule has 0 amide bonds. The standard InChI is InChI=1S/C20H16ClN5O2/c1-12-13-7-4-6-10-16(13)22-17(18(12)20(27)28-2)11-26-24-19(23-25-26)14-8-3-5-9-15(14)21/h3-10H,11H2,1-2H3. The van der Waals surface area contributed by atoms with Gasteiger partial charge in [-0.2, -0.15) is 4.80 Å². The zero-order chi connectivity index (χ0) is 19.7. The highest BCUT2D eigenvalue weighted by molar-refractivity contribution is 6.33. The Bertz CT molecular complexity index is 1190. The highest BCUT2D eigenvalue weighted by Crippen LogP contribution is 2.25. The third kappa shape index (κ3) is 3.20. The number of benzene rings is 2. The van der Waals surface area contributed by atoms with E-state index in [9.17, 15) is 4.79 Å². The number of pyridine rings is 1. The number of rotatable bonds is 4. The number of ether oxygens (including phenoxy) is 1. The number of esters is 1. The van der Waals surface area contributed by atoms with Crippen molar-refractivity contribution >= 4 is 28.5 Å². The van der Waals surface area contributed by atoms with Crippen molar-refractivity contribution in [3.05, 3.63) is 70.4 Å². The molecule has 0 N–H and O–H groups in total. The number of halogens is 1. The average Bonchev–Trinajstić information content (AvgIpc) is 3.16. The summed E-state index contributed by atoms with van der Waals surface area (Å²) in [5.41, 5.74) is 3.21. The fourth-order valence-electron chi connectivity index (χ4n) is 3.12. The van der Waals surface area contributed by atoms with Crippen LogP contribution in [-0.2, 0) is 11.3 Å². The number of aromatic nitrogens is 5. The zero-order valence-corrected chi connectivity index (χ0v) is 16.0. The quantitative estimate of drug-likeness (QED) is 0.492. The number of carbonyl (C=O) groups excluding carboxylic acids is 1. The first kappa shape index (κ1) is 18.1. The third-order valence-electron chi connectivity index (χ3n) is 4.48. The monoisotopic (exact) mass is 393 g/mol. The molecule has 2 aromatic heterocycles. The van der Waals surface area contributed by atoms with Gasteiger partial charge in [-0.25, -0.2) is 9.78 Å². The van der Waals surface area contributed by atoms with Crippen LogP contribution in [0.1, 0.15) is 21.6 Å². The van der Waals surface area contributed by atoms with Gasteiger partial charge in [0.15, 0.2) is 0 Å². The molecule has 7 nitrogen and oxygen atoms in total. The van der Waals surface area contributed by atoms with Crippen molar-refractivity contribution in [2.45, 2.75) is 13.5 Å². The molecule has 0 saturated heterocycles. The molecular formula is C20H16ClN5O2. The maximum absolute atomic E-state index is 12.4. The summed E-state index contributed by atoms with van der Waals surface area (Å²) in [6, 6.07) is 14.9. The van der Waals surface area contributed by atoms with Gasteiger partial charge in [0, 0.05) is 10.9 Å². The normalized spacial score (nSPS) is 11.0. The molecule has 28 heavy (non-hydrogen) atoms. The van der Waals surface area contributed by atoms with E-state index in [1.54, 1.807) is 6.07 Å². The van der Waals surface area contributed by atoms with Gasteiger partial charge in [0.25, 0.3) is 0 Å². The molecule has 0 spiro atoms.